The number of hydrogen-bond acceptors (Lipinski definition) is 7. The summed E-state index contributed by atoms with van der Waals surface area (Å²) in [6.07, 6.45) is 12.3. The summed E-state index contributed by atoms with van der Waals surface area (Å²) in [6, 6.07) is 0.251. The van der Waals surface area contributed by atoms with E-state index >= 15 is 0 Å². The zero-order valence-corrected chi connectivity index (χ0v) is 21.1. The van der Waals surface area contributed by atoms with Crippen molar-refractivity contribution in [3.63, 3.8) is 0 Å². The van der Waals surface area contributed by atoms with Gasteiger partial charge >= 0.3 is 17.9 Å². The molecule has 0 N–H and O–H groups in total. The van der Waals surface area contributed by atoms with Gasteiger partial charge in [-0.05, 0) is 77.3 Å². The number of rotatable bonds is 6. The number of likely N-dealkylation sites (tertiary alicyclic amines) is 1. The lowest BCUT2D eigenvalue weighted by molar-refractivity contribution is -0.178. The summed E-state index contributed by atoms with van der Waals surface area (Å²) in [7, 11) is 0. The average Bonchev–Trinajstić information content (AvgIpc) is 3.63. The van der Waals surface area contributed by atoms with Crippen molar-refractivity contribution in [3.05, 3.63) is 0 Å². The molecule has 0 aromatic rings. The van der Waals surface area contributed by atoms with Crippen LogP contribution in [0.5, 0.6) is 0 Å². The Bertz CT molecular complexity index is 846. The lowest BCUT2D eigenvalue weighted by Crippen LogP contribution is -2.50. The molecule has 194 valence electrons. The lowest BCUT2D eigenvalue weighted by Gasteiger charge is -2.41. The molecule has 7 nitrogen and oxygen atoms in total. The highest BCUT2D eigenvalue weighted by Crippen LogP contribution is 2.59. The van der Waals surface area contributed by atoms with E-state index in [9.17, 15) is 14.4 Å². The number of hydrogen-bond donors (Lipinski definition) is 0. The van der Waals surface area contributed by atoms with Crippen molar-refractivity contribution in [3.8, 4) is 0 Å². The predicted molar refractivity (Wildman–Crippen MR) is 127 cm³/mol. The van der Waals surface area contributed by atoms with Crippen molar-refractivity contribution >= 4 is 17.9 Å². The Balaban J connectivity index is 1.18. The Hall–Kier alpha value is -1.63. The number of fused-ring (bicyclic) bond motifs is 1. The first-order valence-corrected chi connectivity index (χ1v) is 14.4. The second-order valence-electron chi connectivity index (χ2n) is 12.1. The molecule has 7 heteroatoms. The Labute approximate surface area is 208 Å². The number of nitrogens with zero attached hydrogens (tertiary/aromatic N) is 1. The van der Waals surface area contributed by atoms with Crippen LogP contribution in [0, 0.1) is 29.6 Å². The van der Waals surface area contributed by atoms with Gasteiger partial charge in [0.1, 0.15) is 17.8 Å². The van der Waals surface area contributed by atoms with Crippen LogP contribution in [0.4, 0.5) is 0 Å². The van der Waals surface area contributed by atoms with Crippen LogP contribution in [-0.2, 0) is 28.6 Å². The molecule has 2 heterocycles. The summed E-state index contributed by atoms with van der Waals surface area (Å²) < 4.78 is 18.1. The zero-order valence-electron chi connectivity index (χ0n) is 21.1. The van der Waals surface area contributed by atoms with Crippen molar-refractivity contribution in [1.29, 1.82) is 0 Å². The third-order valence-electron chi connectivity index (χ3n) is 10.4. The van der Waals surface area contributed by atoms with Crippen LogP contribution >= 0.6 is 0 Å². The molecule has 0 aromatic heterocycles. The number of carbonyl (C=O) groups is 3. The van der Waals surface area contributed by atoms with Gasteiger partial charge in [0.05, 0.1) is 17.8 Å². The standard InChI is InChI=1S/C28H41NO6/c1-2-28(12-6-7-13-28)35-27(32)22-19-16-18-21(22)26(31)34-24(18)23(19)33-25(30)17-10-4-5-11-20(17)29-14-8-3-9-15-29/h17-24H,2-16H2,1H3. The van der Waals surface area contributed by atoms with E-state index in [1.54, 1.807) is 0 Å². The molecule has 0 amide bonds. The highest BCUT2D eigenvalue weighted by Gasteiger charge is 2.70. The van der Waals surface area contributed by atoms with E-state index in [2.05, 4.69) is 11.8 Å². The largest absolute Gasteiger partial charge is 0.459 e. The summed E-state index contributed by atoms with van der Waals surface area (Å²) in [5.41, 5.74) is -0.392. The monoisotopic (exact) mass is 487 g/mol. The van der Waals surface area contributed by atoms with Crippen molar-refractivity contribution in [2.24, 2.45) is 29.6 Å². The third-order valence-corrected chi connectivity index (χ3v) is 10.4. The fourth-order valence-electron chi connectivity index (χ4n) is 8.59. The van der Waals surface area contributed by atoms with Crippen LogP contribution in [0.15, 0.2) is 0 Å². The van der Waals surface area contributed by atoms with Crippen LogP contribution < -0.4 is 0 Å². The lowest BCUT2D eigenvalue weighted by atomic mass is 9.78. The van der Waals surface area contributed by atoms with Gasteiger partial charge in [-0.1, -0.05) is 26.2 Å². The van der Waals surface area contributed by atoms with Crippen LogP contribution in [-0.4, -0.2) is 59.7 Å². The molecule has 8 unspecified atom stereocenters. The van der Waals surface area contributed by atoms with Gasteiger partial charge in [-0.15, -0.1) is 0 Å². The molecular weight excluding hydrogens is 446 g/mol. The molecule has 6 fully saturated rings. The van der Waals surface area contributed by atoms with E-state index < -0.39 is 29.6 Å². The van der Waals surface area contributed by atoms with Crippen LogP contribution in [0.25, 0.3) is 0 Å². The van der Waals surface area contributed by atoms with Crippen molar-refractivity contribution in [1.82, 2.24) is 4.90 Å². The van der Waals surface area contributed by atoms with Crippen LogP contribution in [0.3, 0.4) is 0 Å². The van der Waals surface area contributed by atoms with Gasteiger partial charge in [-0.3, -0.25) is 19.3 Å². The zero-order chi connectivity index (χ0) is 24.2. The van der Waals surface area contributed by atoms with Crippen LogP contribution in [0.1, 0.15) is 90.4 Å². The molecule has 0 radical (unpaired) electrons. The molecular formula is C28H41NO6. The molecule has 6 rings (SSSR count). The molecule has 2 aliphatic heterocycles. The highest BCUT2D eigenvalue weighted by molar-refractivity contribution is 5.86. The fourth-order valence-corrected chi connectivity index (χ4v) is 8.59. The first-order valence-electron chi connectivity index (χ1n) is 14.4. The predicted octanol–water partition coefficient (Wildman–Crippen LogP) is 4.02. The van der Waals surface area contributed by atoms with Gasteiger partial charge in [0.25, 0.3) is 0 Å². The molecule has 6 aliphatic rings. The molecule has 0 aromatic carbocycles. The minimum atomic E-state index is -0.544. The summed E-state index contributed by atoms with van der Waals surface area (Å²) in [6.45, 7) is 4.21. The molecule has 4 aliphatic carbocycles. The SMILES string of the molecule is CCC1(OC(=O)C2C3CC4C(OC(=O)C42)C3OC(=O)C2CCCCC2N2CCCCC2)CCCC1. The minimum absolute atomic E-state index is 0.0340. The topological polar surface area (TPSA) is 82.1 Å². The number of esters is 3. The molecule has 0 spiro atoms. The summed E-state index contributed by atoms with van der Waals surface area (Å²) in [5.74, 6) is -2.03. The second-order valence-corrected chi connectivity index (χ2v) is 12.1. The highest BCUT2D eigenvalue weighted by atomic mass is 16.6. The maximum absolute atomic E-state index is 13.6. The van der Waals surface area contributed by atoms with E-state index in [0.29, 0.717) is 6.42 Å². The Morgan fingerprint density at radius 3 is 2.46 bits per heavy atom. The van der Waals surface area contributed by atoms with E-state index in [1.165, 1.54) is 19.3 Å². The van der Waals surface area contributed by atoms with Crippen molar-refractivity contribution in [2.45, 2.75) is 114 Å². The van der Waals surface area contributed by atoms with Gasteiger partial charge in [0, 0.05) is 17.9 Å². The molecule has 2 bridgehead atoms. The van der Waals surface area contributed by atoms with E-state index in [0.717, 1.165) is 70.9 Å². The van der Waals surface area contributed by atoms with Gasteiger partial charge in [0.2, 0.25) is 0 Å². The number of piperidine rings is 1. The molecule has 4 saturated carbocycles. The average molecular weight is 488 g/mol. The second kappa shape index (κ2) is 9.35. The Morgan fingerprint density at radius 1 is 0.971 bits per heavy atom. The minimum Gasteiger partial charge on any atom is -0.459 e. The first kappa shape index (κ1) is 23.7. The van der Waals surface area contributed by atoms with Crippen LogP contribution in [0.2, 0.25) is 0 Å². The van der Waals surface area contributed by atoms with Crippen molar-refractivity contribution < 1.29 is 28.6 Å². The van der Waals surface area contributed by atoms with Gasteiger partial charge < -0.3 is 14.2 Å². The van der Waals surface area contributed by atoms with E-state index in [-0.39, 0.29) is 41.7 Å². The summed E-state index contributed by atoms with van der Waals surface area (Å²) in [4.78, 5) is 42.4. The van der Waals surface area contributed by atoms with E-state index in [1.807, 2.05) is 0 Å². The molecule has 2 saturated heterocycles. The normalized spacial score (nSPS) is 42.1. The summed E-state index contributed by atoms with van der Waals surface area (Å²) >= 11 is 0. The Kier molecular flexibility index (Phi) is 6.34. The number of ether oxygens (including phenoxy) is 3. The quantitative estimate of drug-likeness (QED) is 0.413. The Morgan fingerprint density at radius 2 is 1.71 bits per heavy atom. The van der Waals surface area contributed by atoms with Crippen molar-refractivity contribution in [2.75, 3.05) is 13.1 Å². The summed E-state index contributed by atoms with van der Waals surface area (Å²) in [5, 5.41) is 0. The van der Waals surface area contributed by atoms with Gasteiger partial charge in [-0.25, -0.2) is 0 Å². The maximum Gasteiger partial charge on any atom is 0.310 e. The fraction of sp³-hybridized carbons (Fsp3) is 0.893. The number of carbonyl (C=O) groups excluding carboxylic acids is 3. The third kappa shape index (κ3) is 4.00. The van der Waals surface area contributed by atoms with E-state index in [4.69, 9.17) is 14.2 Å². The molecule has 8 atom stereocenters. The maximum atomic E-state index is 13.6. The smallest absolute Gasteiger partial charge is 0.310 e. The van der Waals surface area contributed by atoms with Gasteiger partial charge in [-0.2, -0.15) is 0 Å². The van der Waals surface area contributed by atoms with Gasteiger partial charge in [0.15, 0.2) is 0 Å². The molecule has 35 heavy (non-hydrogen) atoms. The first-order chi connectivity index (χ1) is 17.0.